The van der Waals surface area contributed by atoms with Gasteiger partial charge in [0.1, 0.15) is 11.9 Å². The first-order valence-electron chi connectivity index (χ1n) is 8.87. The van der Waals surface area contributed by atoms with Gasteiger partial charge in [-0.1, -0.05) is 61.0 Å². The molecule has 5 nitrogen and oxygen atoms in total. The zero-order valence-electron chi connectivity index (χ0n) is 15.6. The summed E-state index contributed by atoms with van der Waals surface area (Å²) in [7, 11) is 0. The molecule has 0 aliphatic rings. The molecule has 0 radical (unpaired) electrons. The summed E-state index contributed by atoms with van der Waals surface area (Å²) in [6.07, 6.45) is 0.155. The van der Waals surface area contributed by atoms with Crippen molar-refractivity contribution in [1.29, 1.82) is 0 Å². The van der Waals surface area contributed by atoms with Crippen molar-refractivity contribution in [1.82, 2.24) is 15.5 Å². The molecule has 1 heterocycles. The number of nitrogens with zero attached hydrogens (tertiary/aromatic N) is 2. The smallest absolute Gasteiger partial charge is 0.249 e. The van der Waals surface area contributed by atoms with E-state index in [1.807, 2.05) is 45.0 Å². The highest BCUT2D eigenvalue weighted by atomic mass is 19.1. The van der Waals surface area contributed by atoms with Gasteiger partial charge in [0.25, 0.3) is 0 Å². The molecule has 1 atom stereocenters. The van der Waals surface area contributed by atoms with Gasteiger partial charge in [0, 0.05) is 5.56 Å². The standard InChI is InChI=1S/C21H22FN3O2/c1-13(2)19(23-18(26)12-15-6-10-17(22)11-7-15)21-24-20(25-27-21)16-8-4-14(3)5-9-16/h4-11,13,19H,12H2,1-3H3,(H,23,26). The van der Waals surface area contributed by atoms with E-state index in [-0.39, 0.29) is 24.1 Å². The van der Waals surface area contributed by atoms with Gasteiger partial charge >= 0.3 is 0 Å². The molecule has 140 valence electrons. The number of benzene rings is 2. The van der Waals surface area contributed by atoms with Crippen molar-refractivity contribution >= 4 is 5.91 Å². The molecule has 6 heteroatoms. The van der Waals surface area contributed by atoms with E-state index in [1.54, 1.807) is 12.1 Å². The van der Waals surface area contributed by atoms with Gasteiger partial charge in [-0.3, -0.25) is 4.79 Å². The Balaban J connectivity index is 1.72. The van der Waals surface area contributed by atoms with E-state index < -0.39 is 6.04 Å². The first-order chi connectivity index (χ1) is 12.9. The van der Waals surface area contributed by atoms with Crippen LogP contribution in [0.2, 0.25) is 0 Å². The van der Waals surface area contributed by atoms with Crippen molar-refractivity contribution in [2.75, 3.05) is 0 Å². The average Bonchev–Trinajstić information content (AvgIpc) is 3.12. The van der Waals surface area contributed by atoms with Crippen molar-refractivity contribution in [3.8, 4) is 11.4 Å². The van der Waals surface area contributed by atoms with Gasteiger partial charge in [-0.05, 0) is 30.5 Å². The van der Waals surface area contributed by atoms with Gasteiger partial charge in [0.2, 0.25) is 17.6 Å². The number of halogens is 1. The van der Waals surface area contributed by atoms with Gasteiger partial charge in [0.05, 0.1) is 6.42 Å². The number of carbonyl (C=O) groups is 1. The van der Waals surface area contributed by atoms with Crippen LogP contribution >= 0.6 is 0 Å². The van der Waals surface area contributed by atoms with Crippen LogP contribution in [-0.2, 0) is 11.2 Å². The van der Waals surface area contributed by atoms with Gasteiger partial charge in [0.15, 0.2) is 0 Å². The Bertz CT molecular complexity index is 902. The number of hydrogen-bond donors (Lipinski definition) is 1. The predicted octanol–water partition coefficient (Wildman–Crippen LogP) is 4.24. The Labute approximate surface area is 157 Å². The molecule has 0 aliphatic carbocycles. The summed E-state index contributed by atoms with van der Waals surface area (Å²) in [5.41, 5.74) is 2.74. The summed E-state index contributed by atoms with van der Waals surface area (Å²) in [6.45, 7) is 5.95. The number of aryl methyl sites for hydroxylation is 1. The molecule has 0 fully saturated rings. The monoisotopic (exact) mass is 367 g/mol. The third-order valence-electron chi connectivity index (χ3n) is 4.28. The van der Waals surface area contributed by atoms with Crippen molar-refractivity contribution in [2.45, 2.75) is 33.2 Å². The third-order valence-corrected chi connectivity index (χ3v) is 4.28. The van der Waals surface area contributed by atoms with Crippen LogP contribution in [0.15, 0.2) is 53.1 Å². The van der Waals surface area contributed by atoms with Crippen molar-refractivity contribution < 1.29 is 13.7 Å². The maximum atomic E-state index is 13.0. The van der Waals surface area contributed by atoms with E-state index in [2.05, 4.69) is 15.5 Å². The Kier molecular flexibility index (Phi) is 5.64. The molecule has 0 saturated heterocycles. The van der Waals surface area contributed by atoms with Crippen LogP contribution in [-0.4, -0.2) is 16.0 Å². The fourth-order valence-corrected chi connectivity index (χ4v) is 2.71. The average molecular weight is 367 g/mol. The van der Waals surface area contributed by atoms with E-state index in [0.717, 1.165) is 16.7 Å². The summed E-state index contributed by atoms with van der Waals surface area (Å²) >= 11 is 0. The van der Waals surface area contributed by atoms with E-state index in [0.29, 0.717) is 11.7 Å². The zero-order chi connectivity index (χ0) is 19.4. The van der Waals surface area contributed by atoms with E-state index in [1.165, 1.54) is 12.1 Å². The molecular formula is C21H22FN3O2. The third kappa shape index (κ3) is 4.78. The Morgan fingerprint density at radius 2 is 1.78 bits per heavy atom. The second-order valence-electron chi connectivity index (χ2n) is 6.91. The van der Waals surface area contributed by atoms with Crippen LogP contribution in [0.3, 0.4) is 0 Å². The molecule has 2 aromatic carbocycles. The molecule has 1 N–H and O–H groups in total. The number of aromatic nitrogens is 2. The largest absolute Gasteiger partial charge is 0.344 e. The molecular weight excluding hydrogens is 345 g/mol. The minimum absolute atomic E-state index is 0.0634. The molecule has 0 bridgehead atoms. The van der Waals surface area contributed by atoms with Crippen LogP contribution in [0.5, 0.6) is 0 Å². The maximum absolute atomic E-state index is 13.0. The topological polar surface area (TPSA) is 68.0 Å². The first kappa shape index (κ1) is 18.8. The maximum Gasteiger partial charge on any atom is 0.249 e. The second kappa shape index (κ2) is 8.12. The lowest BCUT2D eigenvalue weighted by Crippen LogP contribution is -2.33. The molecule has 1 unspecified atom stereocenters. The van der Waals surface area contributed by atoms with Crippen LogP contribution in [0.1, 0.15) is 36.9 Å². The van der Waals surface area contributed by atoms with Gasteiger partial charge in [-0.15, -0.1) is 0 Å². The van der Waals surface area contributed by atoms with E-state index in [4.69, 9.17) is 4.52 Å². The molecule has 0 spiro atoms. The number of nitrogens with one attached hydrogen (secondary N) is 1. The highest BCUT2D eigenvalue weighted by Gasteiger charge is 2.25. The normalized spacial score (nSPS) is 12.2. The first-order valence-corrected chi connectivity index (χ1v) is 8.87. The lowest BCUT2D eigenvalue weighted by Gasteiger charge is -2.18. The summed E-state index contributed by atoms with van der Waals surface area (Å²) in [6, 6.07) is 13.3. The quantitative estimate of drug-likeness (QED) is 0.708. The van der Waals surface area contributed by atoms with E-state index in [9.17, 15) is 9.18 Å². The van der Waals surface area contributed by atoms with Gasteiger partial charge < -0.3 is 9.84 Å². The fourth-order valence-electron chi connectivity index (χ4n) is 2.71. The molecule has 3 rings (SSSR count). The van der Waals surface area contributed by atoms with Gasteiger partial charge in [-0.2, -0.15) is 4.98 Å². The molecule has 1 aromatic heterocycles. The minimum Gasteiger partial charge on any atom is -0.344 e. The lowest BCUT2D eigenvalue weighted by atomic mass is 10.0. The molecule has 1 amide bonds. The van der Waals surface area contributed by atoms with Crippen LogP contribution < -0.4 is 5.32 Å². The summed E-state index contributed by atoms with van der Waals surface area (Å²) in [5.74, 6) is 0.411. The number of amides is 1. The Morgan fingerprint density at radius 1 is 1.11 bits per heavy atom. The minimum atomic E-state index is -0.398. The number of carbonyl (C=O) groups excluding carboxylic acids is 1. The van der Waals surface area contributed by atoms with Gasteiger partial charge in [-0.25, -0.2) is 4.39 Å². The van der Waals surface area contributed by atoms with Crippen LogP contribution in [0.4, 0.5) is 4.39 Å². The Morgan fingerprint density at radius 3 is 2.41 bits per heavy atom. The SMILES string of the molecule is Cc1ccc(-c2noc(C(NC(=O)Cc3ccc(F)cc3)C(C)C)n2)cc1. The molecule has 27 heavy (non-hydrogen) atoms. The van der Waals surface area contributed by atoms with Crippen molar-refractivity contribution in [2.24, 2.45) is 5.92 Å². The van der Waals surface area contributed by atoms with Crippen molar-refractivity contribution in [3.63, 3.8) is 0 Å². The Hall–Kier alpha value is -3.02. The highest BCUT2D eigenvalue weighted by Crippen LogP contribution is 2.24. The zero-order valence-corrected chi connectivity index (χ0v) is 15.6. The van der Waals surface area contributed by atoms with Crippen LogP contribution in [0.25, 0.3) is 11.4 Å². The summed E-state index contributed by atoms with van der Waals surface area (Å²) in [4.78, 5) is 16.9. The highest BCUT2D eigenvalue weighted by molar-refractivity contribution is 5.78. The number of rotatable bonds is 6. The van der Waals surface area contributed by atoms with E-state index >= 15 is 0 Å². The lowest BCUT2D eigenvalue weighted by molar-refractivity contribution is -0.121. The summed E-state index contributed by atoms with van der Waals surface area (Å²) < 4.78 is 18.4. The van der Waals surface area contributed by atoms with Crippen LogP contribution in [0, 0.1) is 18.7 Å². The summed E-state index contributed by atoms with van der Waals surface area (Å²) in [5, 5.41) is 6.98. The molecule has 0 aliphatic heterocycles. The predicted molar refractivity (Wildman–Crippen MR) is 100 cm³/mol. The van der Waals surface area contributed by atoms with Crippen molar-refractivity contribution in [3.05, 3.63) is 71.4 Å². The second-order valence-corrected chi connectivity index (χ2v) is 6.91. The number of hydrogen-bond acceptors (Lipinski definition) is 4. The fraction of sp³-hybridized carbons (Fsp3) is 0.286. The molecule has 3 aromatic rings. The molecule has 0 saturated carbocycles.